The largest absolute Gasteiger partial charge is 0.383 e. The van der Waals surface area contributed by atoms with Crippen molar-refractivity contribution in [3.63, 3.8) is 0 Å². The average Bonchev–Trinajstić information content (AvgIpc) is 2.48. The zero-order valence-electron chi connectivity index (χ0n) is 9.12. The topological polar surface area (TPSA) is 38.0 Å². The Balaban J connectivity index is 2.16. The maximum atomic E-state index is 10.2. The summed E-state index contributed by atoms with van der Waals surface area (Å²) in [6.45, 7) is 7.34. The second kappa shape index (κ2) is 2.83. The Morgan fingerprint density at radius 3 is 2.57 bits per heavy atom. The molecule has 3 heteroatoms. The number of hydrogen-bond acceptors (Lipinski definition) is 2. The Hall–Kier alpha value is -0.830. The summed E-state index contributed by atoms with van der Waals surface area (Å²) < 4.78 is 2.00. The van der Waals surface area contributed by atoms with Crippen molar-refractivity contribution in [3.8, 4) is 0 Å². The number of aliphatic hydroxyl groups is 1. The molecule has 1 N–H and O–H groups in total. The molecule has 0 spiro atoms. The summed E-state index contributed by atoms with van der Waals surface area (Å²) in [6, 6.07) is 0. The molecule has 0 atom stereocenters. The molecule has 0 amide bonds. The summed E-state index contributed by atoms with van der Waals surface area (Å²) in [5.41, 5.74) is 0.438. The fourth-order valence-electron chi connectivity index (χ4n) is 2.49. The van der Waals surface area contributed by atoms with Gasteiger partial charge in [-0.1, -0.05) is 13.8 Å². The van der Waals surface area contributed by atoms with Crippen LogP contribution in [0, 0.1) is 5.41 Å². The van der Waals surface area contributed by atoms with Crippen LogP contribution in [0.1, 0.15) is 39.3 Å². The van der Waals surface area contributed by atoms with Gasteiger partial charge in [0.2, 0.25) is 0 Å². The van der Waals surface area contributed by atoms with E-state index in [2.05, 4.69) is 25.8 Å². The van der Waals surface area contributed by atoms with Crippen LogP contribution >= 0.6 is 0 Å². The Kier molecular flexibility index (Phi) is 1.96. The molecular formula is C11H18N2O. The predicted molar refractivity (Wildman–Crippen MR) is 54.8 cm³/mol. The van der Waals surface area contributed by atoms with E-state index in [0.717, 1.165) is 25.1 Å². The van der Waals surface area contributed by atoms with Crippen molar-refractivity contribution < 1.29 is 5.11 Å². The molecule has 1 heterocycles. The normalized spacial score (nSPS) is 23.1. The smallest absolute Gasteiger partial charge is 0.109 e. The molecule has 14 heavy (non-hydrogen) atoms. The second-order valence-corrected chi connectivity index (χ2v) is 5.14. The Labute approximate surface area is 84.8 Å². The van der Waals surface area contributed by atoms with Gasteiger partial charge >= 0.3 is 0 Å². The van der Waals surface area contributed by atoms with E-state index in [1.807, 2.05) is 10.8 Å². The highest BCUT2D eigenvalue weighted by atomic mass is 16.3. The molecule has 0 saturated heterocycles. The lowest BCUT2D eigenvalue weighted by Crippen LogP contribution is -2.46. The van der Waals surface area contributed by atoms with Crippen molar-refractivity contribution in [1.29, 1.82) is 0 Å². The standard InChI is InChI=1S/C11H18N2O/c1-4-13-5-9(12-8-13)11(14)6-10(2,3)7-11/h5,8,14H,4,6-7H2,1-3H3. The van der Waals surface area contributed by atoms with Crippen molar-refractivity contribution in [3.05, 3.63) is 18.2 Å². The number of hydrogen-bond donors (Lipinski definition) is 1. The van der Waals surface area contributed by atoms with Crippen LogP contribution in [0.3, 0.4) is 0 Å². The summed E-state index contributed by atoms with van der Waals surface area (Å²) in [4.78, 5) is 4.26. The molecule has 0 aromatic carbocycles. The third kappa shape index (κ3) is 1.46. The van der Waals surface area contributed by atoms with E-state index < -0.39 is 5.60 Å². The van der Waals surface area contributed by atoms with Gasteiger partial charge in [-0.15, -0.1) is 0 Å². The van der Waals surface area contributed by atoms with Crippen molar-refractivity contribution in [2.24, 2.45) is 5.41 Å². The maximum Gasteiger partial charge on any atom is 0.109 e. The number of nitrogens with zero attached hydrogens (tertiary/aromatic N) is 2. The monoisotopic (exact) mass is 194 g/mol. The van der Waals surface area contributed by atoms with E-state index in [-0.39, 0.29) is 5.41 Å². The summed E-state index contributed by atoms with van der Waals surface area (Å²) in [5, 5.41) is 10.2. The van der Waals surface area contributed by atoms with Crippen LogP contribution in [0.2, 0.25) is 0 Å². The van der Waals surface area contributed by atoms with Gasteiger partial charge in [0.15, 0.2) is 0 Å². The molecule has 1 fully saturated rings. The first kappa shape index (κ1) is 9.71. The van der Waals surface area contributed by atoms with Crippen molar-refractivity contribution >= 4 is 0 Å². The predicted octanol–water partition coefficient (Wildman–Crippen LogP) is 1.91. The molecule has 0 radical (unpaired) electrons. The summed E-state index contributed by atoms with van der Waals surface area (Å²) in [6.07, 6.45) is 5.38. The van der Waals surface area contributed by atoms with Crippen LogP contribution in [0.15, 0.2) is 12.5 Å². The van der Waals surface area contributed by atoms with Gasteiger partial charge in [0, 0.05) is 12.7 Å². The van der Waals surface area contributed by atoms with Crippen LogP contribution in [-0.4, -0.2) is 14.7 Å². The summed E-state index contributed by atoms with van der Waals surface area (Å²) in [7, 11) is 0. The molecule has 1 saturated carbocycles. The lowest BCUT2D eigenvalue weighted by Gasteiger charge is -2.48. The van der Waals surface area contributed by atoms with Gasteiger partial charge < -0.3 is 9.67 Å². The molecule has 3 nitrogen and oxygen atoms in total. The molecule has 1 aliphatic carbocycles. The van der Waals surface area contributed by atoms with Gasteiger partial charge in [-0.05, 0) is 25.2 Å². The zero-order valence-corrected chi connectivity index (χ0v) is 9.12. The quantitative estimate of drug-likeness (QED) is 0.781. The van der Waals surface area contributed by atoms with Gasteiger partial charge in [-0.3, -0.25) is 0 Å². The minimum Gasteiger partial charge on any atom is -0.383 e. The van der Waals surface area contributed by atoms with Crippen LogP contribution in [0.5, 0.6) is 0 Å². The highest BCUT2D eigenvalue weighted by Crippen LogP contribution is 2.52. The summed E-state index contributed by atoms with van der Waals surface area (Å²) >= 11 is 0. The van der Waals surface area contributed by atoms with E-state index in [1.54, 1.807) is 6.33 Å². The minimum absolute atomic E-state index is 0.269. The highest BCUT2D eigenvalue weighted by molar-refractivity contribution is 5.16. The van der Waals surface area contributed by atoms with Crippen molar-refractivity contribution in [1.82, 2.24) is 9.55 Å². The van der Waals surface area contributed by atoms with Crippen molar-refractivity contribution in [2.45, 2.75) is 45.8 Å². The molecule has 1 aromatic heterocycles. The molecular weight excluding hydrogens is 176 g/mol. The fourth-order valence-corrected chi connectivity index (χ4v) is 2.49. The van der Waals surface area contributed by atoms with Gasteiger partial charge in [-0.2, -0.15) is 0 Å². The van der Waals surface area contributed by atoms with Crippen molar-refractivity contribution in [2.75, 3.05) is 0 Å². The van der Waals surface area contributed by atoms with Gasteiger partial charge in [0.1, 0.15) is 5.60 Å². The number of aromatic nitrogens is 2. The van der Waals surface area contributed by atoms with Crippen LogP contribution in [-0.2, 0) is 12.1 Å². The first-order valence-electron chi connectivity index (χ1n) is 5.20. The number of rotatable bonds is 2. The minimum atomic E-state index is -0.663. The van der Waals surface area contributed by atoms with Gasteiger partial charge in [0.25, 0.3) is 0 Å². The first-order valence-corrected chi connectivity index (χ1v) is 5.20. The third-order valence-corrected chi connectivity index (χ3v) is 3.02. The van der Waals surface area contributed by atoms with Gasteiger partial charge in [0.05, 0.1) is 12.0 Å². The second-order valence-electron chi connectivity index (χ2n) is 5.14. The van der Waals surface area contributed by atoms with Crippen LogP contribution in [0.4, 0.5) is 0 Å². The van der Waals surface area contributed by atoms with Gasteiger partial charge in [-0.25, -0.2) is 4.98 Å². The summed E-state index contributed by atoms with van der Waals surface area (Å²) in [5.74, 6) is 0. The maximum absolute atomic E-state index is 10.2. The molecule has 2 rings (SSSR count). The van der Waals surface area contributed by atoms with E-state index >= 15 is 0 Å². The molecule has 0 bridgehead atoms. The molecule has 1 aliphatic rings. The Morgan fingerprint density at radius 1 is 1.50 bits per heavy atom. The third-order valence-electron chi connectivity index (χ3n) is 3.02. The van der Waals surface area contributed by atoms with E-state index in [4.69, 9.17) is 0 Å². The highest BCUT2D eigenvalue weighted by Gasteiger charge is 2.50. The molecule has 78 valence electrons. The van der Waals surface area contributed by atoms with E-state index in [1.165, 1.54) is 0 Å². The van der Waals surface area contributed by atoms with E-state index in [9.17, 15) is 5.11 Å². The first-order chi connectivity index (χ1) is 6.45. The molecule has 0 aliphatic heterocycles. The number of aryl methyl sites for hydroxylation is 1. The average molecular weight is 194 g/mol. The Bertz CT molecular complexity index is 333. The Morgan fingerprint density at radius 2 is 2.14 bits per heavy atom. The lowest BCUT2D eigenvalue weighted by atomic mass is 9.60. The van der Waals surface area contributed by atoms with Crippen LogP contribution < -0.4 is 0 Å². The number of imidazole rings is 1. The SMILES string of the molecule is CCn1cnc(C2(O)CC(C)(C)C2)c1. The molecule has 0 unspecified atom stereocenters. The molecule has 1 aromatic rings. The fraction of sp³-hybridized carbons (Fsp3) is 0.727. The van der Waals surface area contributed by atoms with E-state index in [0.29, 0.717) is 0 Å². The van der Waals surface area contributed by atoms with Crippen LogP contribution in [0.25, 0.3) is 0 Å². The zero-order chi connectivity index (χ0) is 10.4. The lowest BCUT2D eigenvalue weighted by molar-refractivity contribution is -0.122.